The molecule has 0 aromatic carbocycles. The summed E-state index contributed by atoms with van der Waals surface area (Å²) in [5, 5.41) is 51.4. The van der Waals surface area contributed by atoms with Gasteiger partial charge in [-0.2, -0.15) is 12.6 Å². The molecular weight excluding hydrogens is 1660 g/mol. The fraction of sp³-hybridized carbons (Fsp3) is 0.783. The number of ketones is 1. The molecule has 46 heteroatoms. The SMILES string of the molecule is C.C.C.C.CC(=O)C(N)CNC(=O)C=O.CC(C)(C)NC(=O)C(N)CNC(=O)C1CCCS1.CC(C)(C)NOC(=O)C(N)CNC(=O)C(N)CO.CC(C)(C)SSCCN.CC(C)(C)SSCCN.NC(=O)C(N)CNC(=O)C=O.NCCS.O=C([O-])CCP(CCC(=O)[O-])CCC(=O)[O-].[Na+].[O-][I+3]([O-])([O-])[O-]. The van der Waals surface area contributed by atoms with Crippen LogP contribution in [0.3, 0.4) is 0 Å². The van der Waals surface area contributed by atoms with Crippen molar-refractivity contribution in [3.63, 3.8) is 0 Å². The van der Waals surface area contributed by atoms with Crippen molar-refractivity contribution in [1.82, 2.24) is 32.1 Å². The second-order valence-corrected chi connectivity index (χ2v) is 37.3. The molecule has 0 aromatic rings. The van der Waals surface area contributed by atoms with E-state index in [-0.39, 0.29) is 164 Å². The van der Waals surface area contributed by atoms with Crippen molar-refractivity contribution in [2.75, 3.05) is 93.9 Å². The molecule has 0 radical (unpaired) electrons. The molecule has 25 N–H and O–H groups in total. The molecule has 0 bridgehead atoms. The molecule has 1 aliphatic heterocycles. The summed E-state index contributed by atoms with van der Waals surface area (Å²) >= 11 is -0.477. The predicted octanol–water partition coefficient (Wildman–Crippen LogP) is -14.0. The molecular formula is C60H129IN15NaO22PS6-3. The van der Waals surface area contributed by atoms with Gasteiger partial charge in [-0.15, -0.1) is 25.2 Å². The van der Waals surface area contributed by atoms with Crippen molar-refractivity contribution < 1.29 is 151 Å². The number of aliphatic hydroxyl groups excluding tert-OH is 1. The van der Waals surface area contributed by atoms with E-state index in [1.54, 1.807) is 11.8 Å². The summed E-state index contributed by atoms with van der Waals surface area (Å²) in [6.45, 7) is 27.4. The first-order chi connectivity index (χ1) is 46.1. The number of aldehydes is 2. The number of carbonyl (C=O) groups excluding carboxylic acids is 13. The summed E-state index contributed by atoms with van der Waals surface area (Å²) in [5.74, 6) is -3.74. The standard InChI is InChI=1S/C12H23N3O2S.C10H22N4O4.C9H15O6P.C6H10N2O3.2C6H15NS2.C5H9N3O3.C2H7NS.4CH4.IO4.Na/c1-12(2,3)15-10(16)8(13)7-14-11(17)9-5-4-6-18-9;1-10(2,3)14-18-9(17)6(11)4-13-8(16)7(12)5-15;10-7(11)1-4-16(5-2-8(12)13)6-3-9(14)15;1-4(10)5(7)2-8-6(11)3-9;2*1-6(2,3)9-8-5-4-7;6-3(5(7)11)1-8-4(10)2-9;3-1-2-4;;;;;2-1(3,4)5;/h8-9H,4-7,13H2,1-3H3,(H,14,17)(H,15,16);6-7,14-15H,4-5,11-12H2,1-3H3,(H,13,16);1-6H2,(H,10,11)(H,12,13)(H,14,15);3,5H,2,7H2,1H3,(H,8,11);2*4-5,7H2,1-3H3;2-3H,1,6H2,(H2,7,11)(H,8,10);4H,1-3H2;4*1H4;;/q;;;;;;;;;;;;-1;+1/p-3. The minimum absolute atomic E-state index is 0. The molecule has 628 valence electrons. The summed E-state index contributed by atoms with van der Waals surface area (Å²) < 4.78 is 35.2. The van der Waals surface area contributed by atoms with Crippen LogP contribution in [-0.4, -0.2) is 233 Å². The summed E-state index contributed by atoms with van der Waals surface area (Å²) in [5.41, 5.74) is 49.0. The van der Waals surface area contributed by atoms with Crippen LogP contribution >= 0.6 is 75.5 Å². The number of nitrogens with one attached hydrogen (secondary N) is 6. The van der Waals surface area contributed by atoms with Gasteiger partial charge in [-0.3, -0.25) is 56.9 Å². The van der Waals surface area contributed by atoms with Crippen LogP contribution in [0.4, 0.5) is 0 Å². The van der Waals surface area contributed by atoms with E-state index in [1.165, 1.54) is 6.92 Å². The number of hydroxylamine groups is 1. The van der Waals surface area contributed by atoms with E-state index < -0.39 is 118 Å². The van der Waals surface area contributed by atoms with Gasteiger partial charge in [0.25, 0.3) is 11.8 Å². The molecule has 6 amide bonds. The largest absolute Gasteiger partial charge is 1.00 e. The maximum atomic E-state index is 11.7. The first kappa shape index (κ1) is 133. The number of thiol groups is 1. The number of hydrogen-bond donors (Lipinski definition) is 17. The summed E-state index contributed by atoms with van der Waals surface area (Å²) in [4.78, 5) is 142. The number of carboxylic acid groups (broad SMARTS) is 3. The molecule has 1 rings (SSSR count). The molecule has 0 saturated carbocycles. The Labute approximate surface area is 684 Å². The van der Waals surface area contributed by atoms with Gasteiger partial charge in [-0.25, -0.2) is 4.79 Å². The number of Topliss-reactive ketones (excluding diaryl/α,β-unsaturated/α-hetero) is 1. The van der Waals surface area contributed by atoms with Crippen LogP contribution in [0.25, 0.3) is 0 Å². The summed E-state index contributed by atoms with van der Waals surface area (Å²) in [6.07, 6.45) is 2.53. The zero-order chi connectivity index (χ0) is 80.9. The molecule has 0 aliphatic carbocycles. The Hall–Kier alpha value is -2.59. The number of primary amides is 1. The van der Waals surface area contributed by atoms with E-state index in [1.807, 2.05) is 84.7 Å². The van der Waals surface area contributed by atoms with Crippen LogP contribution in [0.5, 0.6) is 0 Å². The van der Waals surface area contributed by atoms with Crippen LogP contribution in [0.2, 0.25) is 0 Å². The quantitative estimate of drug-likeness (QED) is 0.00327. The number of thioether (sulfide) groups is 1. The number of aliphatic hydroxyl groups is 1. The van der Waals surface area contributed by atoms with Crippen LogP contribution in [0.15, 0.2) is 0 Å². The molecule has 37 nitrogen and oxygen atoms in total. The zero-order valence-electron chi connectivity index (χ0n) is 60.8. The third kappa shape index (κ3) is 117. The first-order valence-corrected chi connectivity index (χ1v) is 42.2. The van der Waals surface area contributed by atoms with E-state index in [0.717, 1.165) is 48.9 Å². The smallest absolute Gasteiger partial charge is 0.550 e. The predicted molar refractivity (Wildman–Crippen MR) is 411 cm³/mol. The molecule has 1 aliphatic rings. The molecule has 6 unspecified atom stereocenters. The molecule has 106 heavy (non-hydrogen) atoms. The third-order valence-electron chi connectivity index (χ3n) is 9.48. The van der Waals surface area contributed by atoms with E-state index in [2.05, 4.69) is 86.2 Å². The van der Waals surface area contributed by atoms with Gasteiger partial charge >= 0.3 is 35.5 Å². The minimum atomic E-state index is -5.94. The van der Waals surface area contributed by atoms with E-state index in [9.17, 15) is 77.6 Å². The number of amides is 6. The van der Waals surface area contributed by atoms with Gasteiger partial charge in [0.05, 0.1) is 17.9 Å². The van der Waals surface area contributed by atoms with Gasteiger partial charge in [0.1, 0.15) is 50.0 Å². The van der Waals surface area contributed by atoms with Gasteiger partial charge in [0.2, 0.25) is 36.2 Å². The number of rotatable bonds is 34. The summed E-state index contributed by atoms with van der Waals surface area (Å²) in [6, 6.07) is -4.40. The second kappa shape index (κ2) is 79.1. The minimum Gasteiger partial charge on any atom is -0.550 e. The second-order valence-electron chi connectivity index (χ2n) is 24.2. The Balaban J connectivity index is -0.0000000853. The van der Waals surface area contributed by atoms with Crippen molar-refractivity contribution in [2.24, 2.45) is 51.6 Å². The maximum Gasteiger partial charge on any atom is 1.00 e. The Morgan fingerprint density at radius 1 is 0.594 bits per heavy atom. The summed E-state index contributed by atoms with van der Waals surface area (Å²) in [7, 11) is 6.57. The molecule has 6 atom stereocenters. The van der Waals surface area contributed by atoms with E-state index in [4.69, 9.17) is 75.3 Å². The first-order valence-electron chi connectivity index (χ1n) is 30.4. The van der Waals surface area contributed by atoms with Crippen molar-refractivity contribution in [2.45, 2.75) is 208 Å². The fourth-order valence-electron chi connectivity index (χ4n) is 4.82. The number of hydrogen-bond acceptors (Lipinski definition) is 37. The number of carboxylic acids is 3. The van der Waals surface area contributed by atoms with Crippen molar-refractivity contribution in [3.05, 3.63) is 0 Å². The normalized spacial score (nSPS) is 13.0. The van der Waals surface area contributed by atoms with E-state index in [0.29, 0.717) is 16.0 Å². The zero-order valence-corrected chi connectivity index (χ0v) is 70.8. The maximum absolute atomic E-state index is 11.7. The molecule has 1 fully saturated rings. The molecule has 1 saturated heterocycles. The average Bonchev–Trinajstić information content (AvgIpc) is 1.37. The van der Waals surface area contributed by atoms with Gasteiger partial charge in [0, 0.05) is 102 Å². The number of halogens is 1. The Bertz CT molecular complexity index is 2230. The van der Waals surface area contributed by atoms with Crippen LogP contribution in [-0.2, 0) is 67.2 Å². The Morgan fingerprint density at radius 2 is 0.953 bits per heavy atom. The molecule has 0 aromatic heterocycles. The number of carbonyl (C=O) groups is 13. The van der Waals surface area contributed by atoms with Crippen LogP contribution in [0.1, 0.15) is 152 Å². The van der Waals surface area contributed by atoms with Gasteiger partial charge in [-0.05, 0) is 105 Å². The van der Waals surface area contributed by atoms with Gasteiger partial charge in [0.15, 0.2) is 0 Å². The number of aliphatic carboxylic acids is 3. The topological polar surface area (TPSA) is 719 Å². The third-order valence-corrected chi connectivity index (χ3v) is 20.4. The van der Waals surface area contributed by atoms with Crippen LogP contribution in [0, 0.1) is 0 Å². The van der Waals surface area contributed by atoms with Crippen molar-refractivity contribution in [1.29, 1.82) is 0 Å². The molecule has 0 spiro atoms. The fourth-order valence-corrected chi connectivity index (χ4v) is 12.4. The van der Waals surface area contributed by atoms with Crippen molar-refractivity contribution >= 4 is 153 Å². The van der Waals surface area contributed by atoms with Crippen molar-refractivity contribution in [3.8, 4) is 0 Å². The Kier molecular flexibility index (Phi) is 99.0. The van der Waals surface area contributed by atoms with Gasteiger partial charge in [-0.1, -0.05) is 114 Å². The average molecular weight is 1790 g/mol. The molecule has 1 heterocycles. The van der Waals surface area contributed by atoms with Crippen LogP contribution < -0.4 is 162 Å². The van der Waals surface area contributed by atoms with Gasteiger partial charge < -0.3 is 118 Å². The monoisotopic (exact) mass is 1780 g/mol. The van der Waals surface area contributed by atoms with E-state index >= 15 is 0 Å². The number of nitrogens with two attached hydrogens (primary N) is 9. The Morgan fingerprint density at radius 3 is 1.23 bits per heavy atom.